The standard InChI is InChI=1S/C17H19N3O2/c1-3-22-17(21)16(18-14-11-9-13(2)10-12-14)20-19-15-7-5-4-6-8-15/h4-12,19H,3H2,1-2H3,(H,18,20). The van der Waals surface area contributed by atoms with Crippen LogP contribution in [0.2, 0.25) is 0 Å². The lowest BCUT2D eigenvalue weighted by Crippen LogP contribution is -2.36. The number of anilines is 1. The molecule has 0 fully saturated rings. The summed E-state index contributed by atoms with van der Waals surface area (Å²) in [5.74, 6) is -0.402. The van der Waals surface area contributed by atoms with Crippen LogP contribution in [-0.4, -0.2) is 18.4 Å². The number of esters is 1. The molecule has 0 atom stereocenters. The minimum absolute atomic E-state index is 0.106. The van der Waals surface area contributed by atoms with E-state index in [1.54, 1.807) is 6.92 Å². The van der Waals surface area contributed by atoms with E-state index in [9.17, 15) is 4.79 Å². The maximum absolute atomic E-state index is 12.0. The van der Waals surface area contributed by atoms with Gasteiger partial charge in [0, 0.05) is 0 Å². The first-order valence-electron chi connectivity index (χ1n) is 7.08. The zero-order valence-electron chi connectivity index (χ0n) is 12.7. The second-order valence-corrected chi connectivity index (χ2v) is 4.63. The SMILES string of the molecule is CCOC(=O)C(=Nc1ccc(C)cc1)NNc1ccccc1. The summed E-state index contributed by atoms with van der Waals surface area (Å²) in [7, 11) is 0. The van der Waals surface area contributed by atoms with Crippen molar-refractivity contribution in [1.82, 2.24) is 5.43 Å². The molecule has 0 saturated carbocycles. The predicted octanol–water partition coefficient (Wildman–Crippen LogP) is 3.20. The summed E-state index contributed by atoms with van der Waals surface area (Å²) in [6.45, 7) is 4.04. The average Bonchev–Trinajstić information content (AvgIpc) is 2.54. The van der Waals surface area contributed by atoms with Gasteiger partial charge < -0.3 is 4.74 Å². The second-order valence-electron chi connectivity index (χ2n) is 4.63. The molecule has 2 aromatic carbocycles. The summed E-state index contributed by atoms with van der Waals surface area (Å²) < 4.78 is 5.02. The number of hydrogen-bond acceptors (Lipinski definition) is 4. The van der Waals surface area contributed by atoms with Gasteiger partial charge in [-0.05, 0) is 38.1 Å². The molecule has 0 spiro atoms. The highest BCUT2D eigenvalue weighted by Crippen LogP contribution is 2.13. The fourth-order valence-corrected chi connectivity index (χ4v) is 1.73. The number of nitrogens with zero attached hydrogens (tertiary/aromatic N) is 1. The monoisotopic (exact) mass is 297 g/mol. The highest BCUT2D eigenvalue weighted by Gasteiger charge is 2.12. The van der Waals surface area contributed by atoms with Crippen LogP contribution in [-0.2, 0) is 9.53 Å². The van der Waals surface area contributed by atoms with Gasteiger partial charge >= 0.3 is 5.97 Å². The number of aryl methyl sites for hydroxylation is 1. The molecular weight excluding hydrogens is 278 g/mol. The lowest BCUT2D eigenvalue weighted by atomic mass is 10.2. The van der Waals surface area contributed by atoms with Gasteiger partial charge in [0.2, 0.25) is 5.84 Å². The third-order valence-corrected chi connectivity index (χ3v) is 2.84. The molecule has 0 aliphatic carbocycles. The van der Waals surface area contributed by atoms with Gasteiger partial charge in [-0.15, -0.1) is 0 Å². The van der Waals surface area contributed by atoms with Crippen molar-refractivity contribution < 1.29 is 9.53 Å². The molecule has 5 nitrogen and oxygen atoms in total. The first-order chi connectivity index (χ1) is 10.7. The Hall–Kier alpha value is -2.82. The first-order valence-corrected chi connectivity index (χ1v) is 7.08. The van der Waals surface area contributed by atoms with Crippen LogP contribution in [0.3, 0.4) is 0 Å². The average molecular weight is 297 g/mol. The fourth-order valence-electron chi connectivity index (χ4n) is 1.73. The molecule has 2 aromatic rings. The smallest absolute Gasteiger partial charge is 0.375 e. The van der Waals surface area contributed by atoms with Gasteiger partial charge in [0.1, 0.15) is 0 Å². The van der Waals surface area contributed by atoms with Crippen molar-refractivity contribution in [3.05, 3.63) is 60.2 Å². The Labute approximate surface area is 130 Å². The fraction of sp³-hybridized carbons (Fsp3) is 0.176. The number of hydrazine groups is 1. The maximum atomic E-state index is 12.0. The third-order valence-electron chi connectivity index (χ3n) is 2.84. The van der Waals surface area contributed by atoms with Crippen LogP contribution in [0.25, 0.3) is 0 Å². The first kappa shape index (κ1) is 15.6. The molecule has 5 heteroatoms. The largest absolute Gasteiger partial charge is 0.460 e. The number of carbonyl (C=O) groups is 1. The normalized spacial score (nSPS) is 10.9. The Morgan fingerprint density at radius 3 is 2.41 bits per heavy atom. The number of rotatable bonds is 4. The molecule has 0 aromatic heterocycles. The van der Waals surface area contributed by atoms with Crippen molar-refractivity contribution in [2.75, 3.05) is 12.0 Å². The minimum atomic E-state index is -0.508. The van der Waals surface area contributed by atoms with E-state index in [0.717, 1.165) is 11.3 Å². The number of benzene rings is 2. The summed E-state index contributed by atoms with van der Waals surface area (Å²) in [5.41, 5.74) is 8.37. The lowest BCUT2D eigenvalue weighted by Gasteiger charge is -2.11. The van der Waals surface area contributed by atoms with Crippen molar-refractivity contribution in [1.29, 1.82) is 0 Å². The Morgan fingerprint density at radius 2 is 1.77 bits per heavy atom. The molecule has 0 amide bonds. The van der Waals surface area contributed by atoms with Gasteiger partial charge in [-0.2, -0.15) is 0 Å². The van der Waals surface area contributed by atoms with Crippen LogP contribution in [0.4, 0.5) is 11.4 Å². The van der Waals surface area contributed by atoms with Crippen LogP contribution >= 0.6 is 0 Å². The van der Waals surface area contributed by atoms with Gasteiger partial charge in [-0.3, -0.25) is 10.9 Å². The second kappa shape index (κ2) is 7.83. The number of para-hydroxylation sites is 1. The topological polar surface area (TPSA) is 62.7 Å². The quantitative estimate of drug-likeness (QED) is 0.394. The predicted molar refractivity (Wildman–Crippen MR) is 88.1 cm³/mol. The number of hydrogen-bond donors (Lipinski definition) is 2. The van der Waals surface area contributed by atoms with Crippen LogP contribution in [0, 0.1) is 6.92 Å². The number of nitrogens with one attached hydrogen (secondary N) is 2. The molecule has 114 valence electrons. The van der Waals surface area contributed by atoms with Gasteiger partial charge in [0.05, 0.1) is 18.0 Å². The Morgan fingerprint density at radius 1 is 1.09 bits per heavy atom. The van der Waals surface area contributed by atoms with Crippen molar-refractivity contribution in [3.8, 4) is 0 Å². The summed E-state index contributed by atoms with van der Waals surface area (Å²) in [4.78, 5) is 16.3. The van der Waals surface area contributed by atoms with Gasteiger partial charge in [0.25, 0.3) is 0 Å². The van der Waals surface area contributed by atoms with Crippen molar-refractivity contribution >= 4 is 23.2 Å². The summed E-state index contributed by atoms with van der Waals surface area (Å²) in [6.07, 6.45) is 0. The number of amidine groups is 1. The molecular formula is C17H19N3O2. The van der Waals surface area contributed by atoms with E-state index in [2.05, 4.69) is 15.8 Å². The molecule has 22 heavy (non-hydrogen) atoms. The summed E-state index contributed by atoms with van der Waals surface area (Å²) >= 11 is 0. The Balaban J connectivity index is 2.15. The zero-order valence-corrected chi connectivity index (χ0v) is 12.7. The minimum Gasteiger partial charge on any atom is -0.460 e. The highest BCUT2D eigenvalue weighted by atomic mass is 16.5. The van der Waals surface area contributed by atoms with E-state index in [1.807, 2.05) is 61.5 Å². The third kappa shape index (κ3) is 4.63. The molecule has 0 unspecified atom stereocenters. The zero-order chi connectivity index (χ0) is 15.8. The Kier molecular flexibility index (Phi) is 5.54. The number of ether oxygens (including phenoxy) is 1. The van der Waals surface area contributed by atoms with Crippen LogP contribution in [0.1, 0.15) is 12.5 Å². The molecule has 2 rings (SSSR count). The Bertz CT molecular complexity index is 637. The van der Waals surface area contributed by atoms with Crippen LogP contribution in [0.15, 0.2) is 59.6 Å². The van der Waals surface area contributed by atoms with Gasteiger partial charge in [0.15, 0.2) is 0 Å². The van der Waals surface area contributed by atoms with Crippen LogP contribution in [0.5, 0.6) is 0 Å². The molecule has 2 N–H and O–H groups in total. The van der Waals surface area contributed by atoms with E-state index >= 15 is 0 Å². The molecule has 0 bridgehead atoms. The van der Waals surface area contributed by atoms with E-state index in [-0.39, 0.29) is 5.84 Å². The van der Waals surface area contributed by atoms with E-state index < -0.39 is 5.97 Å². The molecule has 0 heterocycles. The molecule has 0 saturated heterocycles. The van der Waals surface area contributed by atoms with E-state index in [0.29, 0.717) is 12.3 Å². The van der Waals surface area contributed by atoms with E-state index in [1.165, 1.54) is 0 Å². The van der Waals surface area contributed by atoms with Crippen molar-refractivity contribution in [3.63, 3.8) is 0 Å². The highest BCUT2D eigenvalue weighted by molar-refractivity contribution is 6.36. The summed E-state index contributed by atoms with van der Waals surface area (Å²) in [6, 6.07) is 17.0. The lowest BCUT2D eigenvalue weighted by molar-refractivity contribution is -0.135. The molecule has 0 radical (unpaired) electrons. The summed E-state index contributed by atoms with van der Waals surface area (Å²) in [5, 5.41) is 0. The maximum Gasteiger partial charge on any atom is 0.375 e. The van der Waals surface area contributed by atoms with E-state index in [4.69, 9.17) is 4.74 Å². The number of carbonyl (C=O) groups excluding carboxylic acids is 1. The van der Waals surface area contributed by atoms with Gasteiger partial charge in [-0.1, -0.05) is 35.9 Å². The van der Waals surface area contributed by atoms with Crippen molar-refractivity contribution in [2.45, 2.75) is 13.8 Å². The van der Waals surface area contributed by atoms with Crippen LogP contribution < -0.4 is 10.9 Å². The molecule has 0 aliphatic heterocycles. The molecule has 0 aliphatic rings. The van der Waals surface area contributed by atoms with Gasteiger partial charge in [-0.25, -0.2) is 9.79 Å². The number of aliphatic imine (C=N–C) groups is 1. The van der Waals surface area contributed by atoms with Crippen molar-refractivity contribution in [2.24, 2.45) is 4.99 Å².